The minimum absolute atomic E-state index is 0.186. The normalized spacial score (nSPS) is 9.77. The highest BCUT2D eigenvalue weighted by Crippen LogP contribution is 2.15. The van der Waals surface area contributed by atoms with Gasteiger partial charge in [0.25, 0.3) is 0 Å². The number of esters is 1. The third-order valence-electron chi connectivity index (χ3n) is 1.31. The largest absolute Gasteiger partial charge is 0.462 e. The number of carbonyl (C=O) groups excluding carboxylic acids is 1. The molecule has 3 nitrogen and oxygen atoms in total. The summed E-state index contributed by atoms with van der Waals surface area (Å²) in [5, 5.41) is 0.186. The molecule has 0 bridgehead atoms. The molecule has 0 aliphatic carbocycles. The Labute approximate surface area is 94.6 Å². The highest BCUT2D eigenvalue weighted by atomic mass is 127. The van der Waals surface area contributed by atoms with E-state index in [0.717, 1.165) is 3.70 Å². The third kappa shape index (κ3) is 2.80. The van der Waals surface area contributed by atoms with Gasteiger partial charge in [-0.15, -0.1) is 0 Å². The lowest BCUT2D eigenvalue weighted by molar-refractivity contribution is 0.0526. The molecule has 0 N–H and O–H groups in total. The monoisotopic (exact) mass is 311 g/mol. The number of rotatable bonds is 2. The van der Waals surface area contributed by atoms with Crippen molar-refractivity contribution in [2.24, 2.45) is 0 Å². The van der Waals surface area contributed by atoms with Crippen LogP contribution in [-0.2, 0) is 4.74 Å². The Morgan fingerprint density at radius 2 is 2.38 bits per heavy atom. The van der Waals surface area contributed by atoms with Crippen LogP contribution >= 0.6 is 34.2 Å². The number of hydrogen-bond acceptors (Lipinski definition) is 3. The second kappa shape index (κ2) is 4.76. The van der Waals surface area contributed by atoms with Crippen LogP contribution in [0.1, 0.15) is 17.3 Å². The first-order valence-electron chi connectivity index (χ1n) is 3.64. The van der Waals surface area contributed by atoms with Gasteiger partial charge in [0.1, 0.15) is 8.85 Å². The van der Waals surface area contributed by atoms with Gasteiger partial charge in [0.2, 0.25) is 0 Å². The maximum absolute atomic E-state index is 11.2. The number of carbonyl (C=O) groups is 1. The topological polar surface area (TPSA) is 39.2 Å². The van der Waals surface area contributed by atoms with E-state index in [1.165, 1.54) is 0 Å². The van der Waals surface area contributed by atoms with Crippen LogP contribution in [0, 0.1) is 3.70 Å². The zero-order chi connectivity index (χ0) is 9.84. The molecule has 0 fully saturated rings. The Balaban J connectivity index is 2.95. The van der Waals surface area contributed by atoms with Crippen molar-refractivity contribution in [1.29, 1.82) is 0 Å². The minimum atomic E-state index is -0.434. The molecular formula is C8H7ClINO2. The molecule has 1 aromatic rings. The average Bonchev–Trinajstić information content (AvgIpc) is 2.04. The van der Waals surface area contributed by atoms with Crippen molar-refractivity contribution in [2.75, 3.05) is 6.61 Å². The van der Waals surface area contributed by atoms with Gasteiger partial charge in [0, 0.05) is 0 Å². The summed E-state index contributed by atoms with van der Waals surface area (Å²) in [6.45, 7) is 2.08. The first-order valence-corrected chi connectivity index (χ1v) is 5.10. The van der Waals surface area contributed by atoms with E-state index in [1.807, 2.05) is 22.6 Å². The molecule has 70 valence electrons. The van der Waals surface area contributed by atoms with Crippen LogP contribution in [0.3, 0.4) is 0 Å². The van der Waals surface area contributed by atoms with E-state index in [1.54, 1.807) is 19.1 Å². The molecule has 0 aliphatic rings. The number of ether oxygens (including phenoxy) is 1. The Morgan fingerprint density at radius 1 is 1.69 bits per heavy atom. The molecule has 0 spiro atoms. The smallest absolute Gasteiger partial charge is 0.341 e. The Kier molecular flexibility index (Phi) is 3.92. The minimum Gasteiger partial charge on any atom is -0.462 e. The van der Waals surface area contributed by atoms with Gasteiger partial charge < -0.3 is 4.74 Å². The number of nitrogens with zero attached hydrogens (tertiary/aromatic N) is 1. The first-order chi connectivity index (χ1) is 6.15. The molecule has 0 amide bonds. The van der Waals surface area contributed by atoms with Gasteiger partial charge in [-0.1, -0.05) is 11.6 Å². The Morgan fingerprint density at radius 3 is 2.92 bits per heavy atom. The van der Waals surface area contributed by atoms with Crippen molar-refractivity contribution < 1.29 is 9.53 Å². The fraction of sp³-hybridized carbons (Fsp3) is 0.250. The van der Waals surface area contributed by atoms with Crippen LogP contribution in [-0.4, -0.2) is 17.6 Å². The highest BCUT2D eigenvalue weighted by Gasteiger charge is 2.11. The van der Waals surface area contributed by atoms with E-state index in [2.05, 4.69) is 4.98 Å². The van der Waals surface area contributed by atoms with Crippen molar-refractivity contribution in [3.8, 4) is 0 Å². The van der Waals surface area contributed by atoms with Gasteiger partial charge in [-0.05, 0) is 41.6 Å². The second-order valence-corrected chi connectivity index (χ2v) is 3.66. The fourth-order valence-electron chi connectivity index (χ4n) is 0.773. The molecule has 5 heteroatoms. The molecule has 1 rings (SSSR count). The van der Waals surface area contributed by atoms with Crippen molar-refractivity contribution in [2.45, 2.75) is 6.92 Å². The van der Waals surface area contributed by atoms with Crippen LogP contribution in [0.15, 0.2) is 12.1 Å². The Hall–Kier alpha value is -0.360. The predicted molar refractivity (Wildman–Crippen MR) is 57.9 cm³/mol. The lowest BCUT2D eigenvalue weighted by Crippen LogP contribution is -2.06. The molecule has 1 aromatic heterocycles. The van der Waals surface area contributed by atoms with Crippen LogP contribution in [0.4, 0.5) is 0 Å². The lowest BCUT2D eigenvalue weighted by atomic mass is 10.3. The molecular weight excluding hydrogens is 304 g/mol. The van der Waals surface area contributed by atoms with Crippen LogP contribution < -0.4 is 0 Å². The molecule has 0 aliphatic heterocycles. The SMILES string of the molecule is CCOC(=O)c1ccc(I)nc1Cl. The quantitative estimate of drug-likeness (QED) is 0.479. The van der Waals surface area contributed by atoms with Gasteiger partial charge in [-0.25, -0.2) is 9.78 Å². The second-order valence-electron chi connectivity index (χ2n) is 2.19. The number of halogens is 2. The summed E-state index contributed by atoms with van der Waals surface area (Å²) in [5.74, 6) is -0.434. The summed E-state index contributed by atoms with van der Waals surface area (Å²) in [6, 6.07) is 3.31. The van der Waals surface area contributed by atoms with E-state index in [0.29, 0.717) is 12.2 Å². The van der Waals surface area contributed by atoms with Crippen LogP contribution in [0.5, 0.6) is 0 Å². The summed E-state index contributed by atoms with van der Waals surface area (Å²) in [4.78, 5) is 15.2. The van der Waals surface area contributed by atoms with Gasteiger partial charge in [-0.2, -0.15) is 0 Å². The maximum atomic E-state index is 11.2. The van der Waals surface area contributed by atoms with E-state index < -0.39 is 5.97 Å². The van der Waals surface area contributed by atoms with E-state index >= 15 is 0 Å². The van der Waals surface area contributed by atoms with E-state index in [9.17, 15) is 4.79 Å². The fourth-order valence-corrected chi connectivity index (χ4v) is 1.57. The maximum Gasteiger partial charge on any atom is 0.341 e. The molecule has 0 atom stereocenters. The predicted octanol–water partition coefficient (Wildman–Crippen LogP) is 2.52. The van der Waals surface area contributed by atoms with E-state index in [-0.39, 0.29) is 5.15 Å². The molecule has 0 radical (unpaired) electrons. The molecule has 0 saturated carbocycles. The number of hydrogen-bond donors (Lipinski definition) is 0. The number of aromatic nitrogens is 1. The molecule has 0 unspecified atom stereocenters. The zero-order valence-electron chi connectivity index (χ0n) is 6.88. The molecule has 0 saturated heterocycles. The lowest BCUT2D eigenvalue weighted by Gasteiger charge is -2.02. The summed E-state index contributed by atoms with van der Waals surface area (Å²) < 4.78 is 5.53. The van der Waals surface area contributed by atoms with Crippen molar-refractivity contribution in [3.63, 3.8) is 0 Å². The van der Waals surface area contributed by atoms with E-state index in [4.69, 9.17) is 16.3 Å². The third-order valence-corrected chi connectivity index (χ3v) is 2.20. The van der Waals surface area contributed by atoms with Gasteiger partial charge in [0.15, 0.2) is 0 Å². The van der Waals surface area contributed by atoms with Crippen molar-refractivity contribution >= 4 is 40.2 Å². The summed E-state index contributed by atoms with van der Waals surface area (Å²) in [6.07, 6.45) is 0. The molecule has 0 aromatic carbocycles. The summed E-state index contributed by atoms with van der Waals surface area (Å²) >= 11 is 7.76. The molecule has 1 heterocycles. The number of pyridine rings is 1. The van der Waals surface area contributed by atoms with Gasteiger partial charge in [0.05, 0.1) is 12.2 Å². The van der Waals surface area contributed by atoms with Crippen molar-refractivity contribution in [3.05, 3.63) is 26.5 Å². The standard InChI is InChI=1S/C8H7ClINO2/c1-2-13-8(12)5-3-4-6(10)11-7(5)9/h3-4H,2H2,1H3. The van der Waals surface area contributed by atoms with Gasteiger partial charge in [-0.3, -0.25) is 0 Å². The summed E-state index contributed by atoms with van der Waals surface area (Å²) in [7, 11) is 0. The van der Waals surface area contributed by atoms with Crippen LogP contribution in [0.25, 0.3) is 0 Å². The molecule has 13 heavy (non-hydrogen) atoms. The Bertz CT molecular complexity index is 330. The van der Waals surface area contributed by atoms with Gasteiger partial charge >= 0.3 is 5.97 Å². The average molecular weight is 312 g/mol. The summed E-state index contributed by atoms with van der Waals surface area (Å²) in [5.41, 5.74) is 0.309. The van der Waals surface area contributed by atoms with Crippen molar-refractivity contribution in [1.82, 2.24) is 4.98 Å². The first kappa shape index (κ1) is 10.7. The highest BCUT2D eigenvalue weighted by molar-refractivity contribution is 14.1. The van der Waals surface area contributed by atoms with Crippen LogP contribution in [0.2, 0.25) is 5.15 Å². The zero-order valence-corrected chi connectivity index (χ0v) is 9.79.